The summed E-state index contributed by atoms with van der Waals surface area (Å²) in [6, 6.07) is 10.3. The summed E-state index contributed by atoms with van der Waals surface area (Å²) >= 11 is 0. The first kappa shape index (κ1) is 13.0. The molecule has 0 spiro atoms. The fraction of sp³-hybridized carbons (Fsp3) is 0.167. The Balaban J connectivity index is 0.00000169. The zero-order chi connectivity index (χ0) is 9.52. The molecule has 0 atom stereocenters. The highest BCUT2D eigenvalue weighted by Crippen LogP contribution is 2.12. The summed E-state index contributed by atoms with van der Waals surface area (Å²) in [6.07, 6.45) is 3.80. The Hall–Kier alpha value is -1.02. The van der Waals surface area contributed by atoms with E-state index in [9.17, 15) is 0 Å². The van der Waals surface area contributed by atoms with Gasteiger partial charge in [0.25, 0.3) is 0 Å². The highest BCUT2D eigenvalue weighted by Gasteiger charge is 1.99. The average molecular weight is 254 g/mol. The van der Waals surface area contributed by atoms with Gasteiger partial charge in [0, 0.05) is 18.8 Å². The molecule has 0 saturated carbocycles. The second kappa shape index (κ2) is 7.39. The zero-order valence-electron chi connectivity index (χ0n) is 8.23. The summed E-state index contributed by atoms with van der Waals surface area (Å²) in [4.78, 5) is 2.21. The second-order valence-electron chi connectivity index (χ2n) is 2.82. The van der Waals surface area contributed by atoms with E-state index in [4.69, 9.17) is 0 Å². The van der Waals surface area contributed by atoms with Crippen molar-refractivity contribution in [2.75, 3.05) is 18.0 Å². The molecule has 2 heteroatoms. The third-order valence-electron chi connectivity index (χ3n) is 1.82. The highest BCUT2D eigenvalue weighted by molar-refractivity contribution is 8.93. The molecule has 1 rings (SSSR count). The van der Waals surface area contributed by atoms with Crippen LogP contribution in [0.3, 0.4) is 0 Å². The lowest BCUT2D eigenvalue weighted by atomic mass is 10.3. The number of rotatable bonds is 5. The summed E-state index contributed by atoms with van der Waals surface area (Å²) < 4.78 is 0. The number of anilines is 1. The van der Waals surface area contributed by atoms with Crippen molar-refractivity contribution >= 4 is 22.7 Å². The van der Waals surface area contributed by atoms with Gasteiger partial charge in [0.2, 0.25) is 0 Å². The van der Waals surface area contributed by atoms with Gasteiger partial charge in [-0.05, 0) is 12.1 Å². The second-order valence-corrected chi connectivity index (χ2v) is 2.82. The Morgan fingerprint density at radius 1 is 1.00 bits per heavy atom. The van der Waals surface area contributed by atoms with Gasteiger partial charge < -0.3 is 4.90 Å². The molecule has 0 heterocycles. The molecule has 0 aliphatic rings. The van der Waals surface area contributed by atoms with Gasteiger partial charge in [-0.3, -0.25) is 0 Å². The molecule has 0 amide bonds. The van der Waals surface area contributed by atoms with Crippen LogP contribution >= 0.6 is 17.0 Å². The van der Waals surface area contributed by atoms with Crippen molar-refractivity contribution in [3.05, 3.63) is 55.6 Å². The minimum absolute atomic E-state index is 0. The quantitative estimate of drug-likeness (QED) is 0.727. The molecular formula is C12H16BrN. The first-order chi connectivity index (χ1) is 6.38. The van der Waals surface area contributed by atoms with E-state index in [0.29, 0.717) is 0 Å². The third-order valence-corrected chi connectivity index (χ3v) is 1.82. The van der Waals surface area contributed by atoms with Crippen molar-refractivity contribution in [2.24, 2.45) is 0 Å². The van der Waals surface area contributed by atoms with Gasteiger partial charge in [0.05, 0.1) is 0 Å². The Kier molecular flexibility index (Phi) is 6.85. The molecule has 0 aromatic heterocycles. The Morgan fingerprint density at radius 2 is 1.50 bits per heavy atom. The van der Waals surface area contributed by atoms with E-state index in [1.54, 1.807) is 0 Å². The molecule has 76 valence electrons. The molecule has 1 aromatic rings. The van der Waals surface area contributed by atoms with Crippen LogP contribution in [-0.2, 0) is 0 Å². The first-order valence-electron chi connectivity index (χ1n) is 4.40. The van der Waals surface area contributed by atoms with Crippen LogP contribution in [0.25, 0.3) is 0 Å². The van der Waals surface area contributed by atoms with E-state index in [1.807, 2.05) is 30.4 Å². The van der Waals surface area contributed by atoms with Crippen LogP contribution in [-0.4, -0.2) is 13.1 Å². The lowest BCUT2D eigenvalue weighted by Crippen LogP contribution is -2.22. The molecule has 0 N–H and O–H groups in total. The van der Waals surface area contributed by atoms with E-state index in [-0.39, 0.29) is 17.0 Å². The predicted molar refractivity (Wildman–Crippen MR) is 69.4 cm³/mol. The van der Waals surface area contributed by atoms with Crippen LogP contribution in [0.1, 0.15) is 0 Å². The van der Waals surface area contributed by atoms with E-state index in [0.717, 1.165) is 13.1 Å². The number of hydrogen-bond acceptors (Lipinski definition) is 1. The van der Waals surface area contributed by atoms with Crippen LogP contribution < -0.4 is 4.90 Å². The maximum atomic E-state index is 3.73. The minimum Gasteiger partial charge on any atom is -0.364 e. The van der Waals surface area contributed by atoms with E-state index in [1.165, 1.54) is 5.69 Å². The molecule has 0 bridgehead atoms. The average Bonchev–Trinajstić information content (AvgIpc) is 2.19. The monoisotopic (exact) mass is 253 g/mol. The Labute approximate surface area is 96.5 Å². The number of para-hydroxylation sites is 1. The summed E-state index contributed by atoms with van der Waals surface area (Å²) in [6.45, 7) is 9.18. The molecule has 1 aromatic carbocycles. The lowest BCUT2D eigenvalue weighted by Gasteiger charge is -2.21. The maximum Gasteiger partial charge on any atom is 0.0371 e. The molecule has 0 radical (unpaired) electrons. The normalized spacial score (nSPS) is 8.57. The van der Waals surface area contributed by atoms with Gasteiger partial charge >= 0.3 is 0 Å². The molecule has 0 saturated heterocycles. The van der Waals surface area contributed by atoms with Crippen LogP contribution in [0.2, 0.25) is 0 Å². The lowest BCUT2D eigenvalue weighted by molar-refractivity contribution is 0.957. The van der Waals surface area contributed by atoms with E-state index in [2.05, 4.69) is 30.2 Å². The topological polar surface area (TPSA) is 3.24 Å². The number of nitrogens with zero attached hydrogens (tertiary/aromatic N) is 1. The summed E-state index contributed by atoms with van der Waals surface area (Å²) in [5.41, 5.74) is 1.21. The fourth-order valence-corrected chi connectivity index (χ4v) is 1.24. The number of hydrogen-bond donors (Lipinski definition) is 0. The van der Waals surface area contributed by atoms with Gasteiger partial charge in [0.1, 0.15) is 0 Å². The SMILES string of the molecule is Br.C=CCN(CC=C)c1ccccc1. The molecule has 1 nitrogen and oxygen atoms in total. The Bertz CT molecular complexity index is 259. The molecule has 0 fully saturated rings. The summed E-state index contributed by atoms with van der Waals surface area (Å²) in [7, 11) is 0. The largest absolute Gasteiger partial charge is 0.364 e. The van der Waals surface area contributed by atoms with Gasteiger partial charge in [0.15, 0.2) is 0 Å². The smallest absolute Gasteiger partial charge is 0.0371 e. The summed E-state index contributed by atoms with van der Waals surface area (Å²) in [5, 5.41) is 0. The van der Waals surface area contributed by atoms with Gasteiger partial charge in [-0.25, -0.2) is 0 Å². The maximum absolute atomic E-state index is 3.73. The van der Waals surface area contributed by atoms with Gasteiger partial charge in [-0.15, -0.1) is 30.1 Å². The van der Waals surface area contributed by atoms with Crippen molar-refractivity contribution < 1.29 is 0 Å². The molecule has 0 aliphatic heterocycles. The van der Waals surface area contributed by atoms with Crippen LogP contribution in [0.4, 0.5) is 5.69 Å². The number of benzene rings is 1. The molecule has 0 aliphatic carbocycles. The van der Waals surface area contributed by atoms with Crippen LogP contribution in [0.5, 0.6) is 0 Å². The molecular weight excluding hydrogens is 238 g/mol. The third kappa shape index (κ3) is 3.79. The van der Waals surface area contributed by atoms with Crippen molar-refractivity contribution in [1.82, 2.24) is 0 Å². The van der Waals surface area contributed by atoms with E-state index < -0.39 is 0 Å². The van der Waals surface area contributed by atoms with Crippen molar-refractivity contribution in [3.8, 4) is 0 Å². The standard InChI is InChI=1S/C12H15N.BrH/c1-3-10-13(11-4-2)12-8-6-5-7-9-12;/h3-9H,1-2,10-11H2;1H. The number of halogens is 1. The molecule has 14 heavy (non-hydrogen) atoms. The zero-order valence-corrected chi connectivity index (χ0v) is 9.94. The van der Waals surface area contributed by atoms with E-state index >= 15 is 0 Å². The fourth-order valence-electron chi connectivity index (χ4n) is 1.24. The van der Waals surface area contributed by atoms with Gasteiger partial charge in [-0.2, -0.15) is 0 Å². The molecule has 0 unspecified atom stereocenters. The minimum atomic E-state index is 0. The van der Waals surface area contributed by atoms with Crippen molar-refractivity contribution in [2.45, 2.75) is 0 Å². The van der Waals surface area contributed by atoms with Crippen molar-refractivity contribution in [1.29, 1.82) is 0 Å². The highest BCUT2D eigenvalue weighted by atomic mass is 79.9. The van der Waals surface area contributed by atoms with Crippen LogP contribution in [0.15, 0.2) is 55.6 Å². The van der Waals surface area contributed by atoms with Gasteiger partial charge in [-0.1, -0.05) is 30.4 Å². The summed E-state index contributed by atoms with van der Waals surface area (Å²) in [5.74, 6) is 0. The Morgan fingerprint density at radius 3 is 1.93 bits per heavy atom. The predicted octanol–water partition coefficient (Wildman–Crippen LogP) is 3.44. The first-order valence-corrected chi connectivity index (χ1v) is 4.40. The van der Waals surface area contributed by atoms with Crippen LogP contribution in [0, 0.1) is 0 Å². The van der Waals surface area contributed by atoms with Crippen molar-refractivity contribution in [3.63, 3.8) is 0 Å².